The molecule has 0 saturated heterocycles. The van der Waals surface area contributed by atoms with Crippen molar-refractivity contribution in [2.24, 2.45) is 5.10 Å². The minimum absolute atomic E-state index is 0.209. The van der Waals surface area contributed by atoms with Crippen molar-refractivity contribution in [1.82, 2.24) is 5.43 Å². The largest absolute Gasteiger partial charge is 0.494 e. The van der Waals surface area contributed by atoms with Crippen molar-refractivity contribution in [2.75, 3.05) is 6.61 Å². The van der Waals surface area contributed by atoms with Crippen molar-refractivity contribution < 1.29 is 9.53 Å². The molecular formula is C19H22N2O2. The van der Waals surface area contributed by atoms with Crippen LogP contribution < -0.4 is 10.2 Å². The Bertz CT molecular complexity index is 663. The Morgan fingerprint density at radius 1 is 1.17 bits per heavy atom. The van der Waals surface area contributed by atoms with Crippen molar-refractivity contribution >= 4 is 12.1 Å². The molecule has 0 aromatic heterocycles. The first-order valence-electron chi connectivity index (χ1n) is 7.82. The van der Waals surface area contributed by atoms with Gasteiger partial charge in [0.05, 0.1) is 12.8 Å². The third-order valence-electron chi connectivity index (χ3n) is 3.42. The zero-order valence-corrected chi connectivity index (χ0v) is 13.6. The smallest absolute Gasteiger partial charge is 0.271 e. The van der Waals surface area contributed by atoms with Crippen LogP contribution in [0.5, 0.6) is 5.75 Å². The van der Waals surface area contributed by atoms with Crippen LogP contribution in [0.1, 0.15) is 41.3 Å². The lowest BCUT2D eigenvalue weighted by atomic mass is 10.1. The lowest BCUT2D eigenvalue weighted by molar-refractivity contribution is 0.0954. The molecule has 0 aliphatic rings. The second-order valence-electron chi connectivity index (χ2n) is 5.29. The van der Waals surface area contributed by atoms with Crippen LogP contribution in [0.2, 0.25) is 0 Å². The van der Waals surface area contributed by atoms with E-state index in [0.29, 0.717) is 5.56 Å². The summed E-state index contributed by atoms with van der Waals surface area (Å²) in [5.74, 6) is 0.637. The van der Waals surface area contributed by atoms with Crippen LogP contribution in [0.15, 0.2) is 53.6 Å². The Balaban J connectivity index is 1.88. The first-order valence-corrected chi connectivity index (χ1v) is 7.82. The number of hydrogen-bond acceptors (Lipinski definition) is 3. The van der Waals surface area contributed by atoms with Crippen LogP contribution in [-0.2, 0) is 0 Å². The second-order valence-corrected chi connectivity index (χ2v) is 5.29. The van der Waals surface area contributed by atoms with Crippen LogP contribution in [0.25, 0.3) is 0 Å². The molecule has 2 aromatic carbocycles. The summed E-state index contributed by atoms with van der Waals surface area (Å²) < 4.78 is 5.60. The number of benzene rings is 2. The fourth-order valence-electron chi connectivity index (χ4n) is 2.04. The number of nitrogens with one attached hydrogen (secondary N) is 1. The van der Waals surface area contributed by atoms with Gasteiger partial charge in [-0.15, -0.1) is 0 Å². The van der Waals surface area contributed by atoms with Crippen LogP contribution in [0.3, 0.4) is 0 Å². The van der Waals surface area contributed by atoms with E-state index in [1.165, 1.54) is 0 Å². The van der Waals surface area contributed by atoms with Gasteiger partial charge in [-0.05, 0) is 54.8 Å². The molecule has 0 heterocycles. The number of rotatable bonds is 7. The Morgan fingerprint density at radius 2 is 1.91 bits per heavy atom. The average molecular weight is 310 g/mol. The van der Waals surface area contributed by atoms with Gasteiger partial charge in [-0.2, -0.15) is 5.10 Å². The summed E-state index contributed by atoms with van der Waals surface area (Å²) in [7, 11) is 0. The quantitative estimate of drug-likeness (QED) is 0.478. The lowest BCUT2D eigenvalue weighted by Gasteiger charge is -2.05. The molecule has 0 aliphatic carbocycles. The fourth-order valence-corrected chi connectivity index (χ4v) is 2.04. The van der Waals surface area contributed by atoms with Gasteiger partial charge >= 0.3 is 0 Å². The van der Waals surface area contributed by atoms with Crippen LogP contribution >= 0.6 is 0 Å². The third kappa shape index (κ3) is 5.25. The first-order chi connectivity index (χ1) is 11.2. The highest BCUT2D eigenvalue weighted by Crippen LogP contribution is 2.11. The summed E-state index contributed by atoms with van der Waals surface area (Å²) in [4.78, 5) is 12.0. The monoisotopic (exact) mass is 310 g/mol. The highest BCUT2D eigenvalue weighted by molar-refractivity contribution is 5.96. The Kier molecular flexibility index (Phi) is 6.36. The highest BCUT2D eigenvalue weighted by atomic mass is 16.5. The first kappa shape index (κ1) is 16.7. The van der Waals surface area contributed by atoms with Gasteiger partial charge in [-0.3, -0.25) is 4.79 Å². The molecule has 0 bridgehead atoms. The van der Waals surface area contributed by atoms with Gasteiger partial charge in [0.25, 0.3) is 5.91 Å². The predicted molar refractivity (Wildman–Crippen MR) is 93.1 cm³/mol. The van der Waals surface area contributed by atoms with Crippen LogP contribution in [-0.4, -0.2) is 18.7 Å². The molecular weight excluding hydrogens is 288 g/mol. The molecule has 0 radical (unpaired) electrons. The highest BCUT2D eigenvalue weighted by Gasteiger charge is 2.06. The van der Waals surface area contributed by atoms with Crippen molar-refractivity contribution in [1.29, 1.82) is 0 Å². The third-order valence-corrected chi connectivity index (χ3v) is 3.42. The minimum atomic E-state index is -0.209. The second kappa shape index (κ2) is 8.73. The Labute approximate surface area is 137 Å². The fraction of sp³-hybridized carbons (Fsp3) is 0.263. The summed E-state index contributed by atoms with van der Waals surface area (Å²) in [5, 5.41) is 4.00. The van der Waals surface area contributed by atoms with Gasteiger partial charge in [0.2, 0.25) is 0 Å². The summed E-state index contributed by atoms with van der Waals surface area (Å²) in [6.45, 7) is 4.76. The maximum absolute atomic E-state index is 12.0. The van der Waals surface area contributed by atoms with Crippen molar-refractivity contribution in [3.05, 3.63) is 65.2 Å². The molecule has 4 heteroatoms. The standard InChI is InChI=1S/C19H22N2O2/c1-3-4-13-23-17-11-9-16(10-12-17)14-20-21-19(22)18-8-6-5-7-15(18)2/h5-12,14H,3-4,13H2,1-2H3,(H,21,22)/b20-14+. The van der Waals surface area contributed by atoms with Gasteiger partial charge < -0.3 is 4.74 Å². The van der Waals surface area contributed by atoms with Gasteiger partial charge in [0.1, 0.15) is 5.75 Å². The molecule has 2 aromatic rings. The SMILES string of the molecule is CCCCOc1ccc(/C=N/NC(=O)c2ccccc2C)cc1. The van der Waals surface area contributed by atoms with Gasteiger partial charge in [-0.1, -0.05) is 31.5 Å². The molecule has 23 heavy (non-hydrogen) atoms. The van der Waals surface area contributed by atoms with E-state index in [4.69, 9.17) is 4.74 Å². The lowest BCUT2D eigenvalue weighted by Crippen LogP contribution is -2.18. The molecule has 1 N–H and O–H groups in total. The molecule has 2 rings (SSSR count). The number of carbonyl (C=O) groups is 1. The maximum atomic E-state index is 12.0. The Morgan fingerprint density at radius 3 is 2.61 bits per heavy atom. The van der Waals surface area contributed by atoms with Crippen molar-refractivity contribution in [3.8, 4) is 5.75 Å². The summed E-state index contributed by atoms with van der Waals surface area (Å²) in [6.07, 6.45) is 3.78. The molecule has 0 fully saturated rings. The number of hydrogen-bond donors (Lipinski definition) is 1. The summed E-state index contributed by atoms with van der Waals surface area (Å²) in [5.41, 5.74) is 5.00. The molecule has 1 amide bonds. The number of amides is 1. The zero-order chi connectivity index (χ0) is 16.5. The van der Waals surface area contributed by atoms with E-state index in [1.54, 1.807) is 12.3 Å². The number of unbranched alkanes of at least 4 members (excludes halogenated alkanes) is 1. The van der Waals surface area contributed by atoms with Gasteiger partial charge in [-0.25, -0.2) is 5.43 Å². The molecule has 0 unspecified atom stereocenters. The maximum Gasteiger partial charge on any atom is 0.271 e. The van der Waals surface area contributed by atoms with E-state index in [1.807, 2.05) is 49.4 Å². The summed E-state index contributed by atoms with van der Waals surface area (Å²) >= 11 is 0. The summed E-state index contributed by atoms with van der Waals surface area (Å²) in [6, 6.07) is 15.0. The minimum Gasteiger partial charge on any atom is -0.494 e. The number of nitrogens with zero attached hydrogens (tertiary/aromatic N) is 1. The predicted octanol–water partition coefficient (Wildman–Crippen LogP) is 3.94. The molecule has 4 nitrogen and oxygen atoms in total. The molecule has 0 saturated carbocycles. The normalized spacial score (nSPS) is 10.7. The molecule has 120 valence electrons. The van der Waals surface area contributed by atoms with Crippen LogP contribution in [0, 0.1) is 6.92 Å². The number of ether oxygens (including phenoxy) is 1. The zero-order valence-electron chi connectivity index (χ0n) is 13.6. The number of carbonyl (C=O) groups excluding carboxylic acids is 1. The van der Waals surface area contributed by atoms with Gasteiger partial charge in [0, 0.05) is 5.56 Å². The van der Waals surface area contributed by atoms with E-state index < -0.39 is 0 Å². The van der Waals surface area contributed by atoms with E-state index in [2.05, 4.69) is 17.5 Å². The number of hydrazone groups is 1. The number of aryl methyl sites for hydroxylation is 1. The van der Waals surface area contributed by atoms with E-state index in [-0.39, 0.29) is 5.91 Å². The van der Waals surface area contributed by atoms with Crippen molar-refractivity contribution in [3.63, 3.8) is 0 Å². The molecule has 0 spiro atoms. The van der Waals surface area contributed by atoms with E-state index in [9.17, 15) is 4.79 Å². The molecule has 0 atom stereocenters. The topological polar surface area (TPSA) is 50.7 Å². The van der Waals surface area contributed by atoms with Crippen LogP contribution in [0.4, 0.5) is 0 Å². The average Bonchev–Trinajstić information content (AvgIpc) is 2.57. The van der Waals surface area contributed by atoms with Crippen molar-refractivity contribution in [2.45, 2.75) is 26.7 Å². The van der Waals surface area contributed by atoms with E-state index in [0.717, 1.165) is 36.3 Å². The van der Waals surface area contributed by atoms with Gasteiger partial charge in [0.15, 0.2) is 0 Å². The molecule has 0 aliphatic heterocycles. The Hall–Kier alpha value is -2.62. The van der Waals surface area contributed by atoms with E-state index >= 15 is 0 Å².